The van der Waals surface area contributed by atoms with Gasteiger partial charge in [-0.2, -0.15) is 0 Å². The van der Waals surface area contributed by atoms with Crippen LogP contribution in [0.15, 0.2) is 24.3 Å². The number of benzene rings is 1. The minimum atomic E-state index is -0.294. The summed E-state index contributed by atoms with van der Waals surface area (Å²) in [5, 5.41) is 0. The molecule has 1 aromatic carbocycles. The summed E-state index contributed by atoms with van der Waals surface area (Å²) in [6, 6.07) is 9.07. The van der Waals surface area contributed by atoms with E-state index >= 15 is 0 Å². The van der Waals surface area contributed by atoms with Gasteiger partial charge in [-0.05, 0) is 45.6 Å². The van der Waals surface area contributed by atoms with Gasteiger partial charge in [0.2, 0.25) is 0 Å². The van der Waals surface area contributed by atoms with E-state index in [1.807, 2.05) is 0 Å². The lowest BCUT2D eigenvalue weighted by Gasteiger charge is -2.32. The molecule has 2 saturated heterocycles. The Kier molecular flexibility index (Phi) is 4.58. The van der Waals surface area contributed by atoms with Crippen molar-refractivity contribution in [1.82, 2.24) is 4.90 Å². The van der Waals surface area contributed by atoms with Gasteiger partial charge in [0.1, 0.15) is 0 Å². The Morgan fingerprint density at radius 1 is 0.957 bits per heavy atom. The van der Waals surface area contributed by atoms with Crippen LogP contribution < -0.4 is 5.46 Å². The van der Waals surface area contributed by atoms with Crippen LogP contribution in [0.25, 0.3) is 0 Å². The Hall–Kier alpha value is -0.875. The lowest BCUT2D eigenvalue weighted by molar-refractivity contribution is 0.00578. The van der Waals surface area contributed by atoms with Crippen molar-refractivity contribution in [2.24, 2.45) is 0 Å². The number of nitrogens with zero attached hydrogens (tertiary/aromatic N) is 1. The van der Waals surface area contributed by atoms with Crippen molar-refractivity contribution in [3.05, 3.63) is 29.8 Å². The van der Waals surface area contributed by atoms with Gasteiger partial charge in [0, 0.05) is 19.1 Å². The molecule has 3 rings (SSSR count). The van der Waals surface area contributed by atoms with Crippen molar-refractivity contribution in [1.29, 1.82) is 0 Å². The van der Waals surface area contributed by atoms with E-state index in [1.54, 1.807) is 0 Å². The molecule has 2 fully saturated rings. The van der Waals surface area contributed by atoms with Gasteiger partial charge < -0.3 is 14.0 Å². The largest absolute Gasteiger partial charge is 0.494 e. The van der Waals surface area contributed by atoms with Crippen LogP contribution in [0, 0.1) is 0 Å². The maximum absolute atomic E-state index is 6.12. The van der Waals surface area contributed by atoms with Crippen LogP contribution in [0.4, 0.5) is 0 Å². The molecule has 2 heterocycles. The highest BCUT2D eigenvalue weighted by Gasteiger charge is 2.51. The number of rotatable bonds is 3. The van der Waals surface area contributed by atoms with E-state index in [4.69, 9.17) is 14.0 Å². The minimum Gasteiger partial charge on any atom is -0.399 e. The van der Waals surface area contributed by atoms with E-state index < -0.39 is 0 Å². The third-order valence-electron chi connectivity index (χ3n) is 5.54. The maximum atomic E-state index is 6.12. The van der Waals surface area contributed by atoms with Gasteiger partial charge in [0.15, 0.2) is 0 Å². The van der Waals surface area contributed by atoms with Gasteiger partial charge >= 0.3 is 7.12 Å². The first-order valence-electron chi connectivity index (χ1n) is 8.57. The topological polar surface area (TPSA) is 30.9 Å². The first kappa shape index (κ1) is 17.0. The molecular formula is C18H28BNO3. The predicted molar refractivity (Wildman–Crippen MR) is 93.0 cm³/mol. The summed E-state index contributed by atoms with van der Waals surface area (Å²) in [6.07, 6.45) is 0. The zero-order valence-corrected chi connectivity index (χ0v) is 15.0. The van der Waals surface area contributed by atoms with Crippen LogP contribution in [-0.2, 0) is 14.0 Å². The summed E-state index contributed by atoms with van der Waals surface area (Å²) in [7, 11) is -0.284. The molecule has 0 spiro atoms. The summed E-state index contributed by atoms with van der Waals surface area (Å²) in [4.78, 5) is 2.47. The Morgan fingerprint density at radius 2 is 1.48 bits per heavy atom. The molecule has 0 bridgehead atoms. The molecule has 126 valence electrons. The van der Waals surface area contributed by atoms with E-state index in [-0.39, 0.29) is 18.3 Å². The summed E-state index contributed by atoms with van der Waals surface area (Å²) < 4.78 is 17.7. The van der Waals surface area contributed by atoms with Crippen molar-refractivity contribution in [2.45, 2.75) is 51.9 Å². The smallest absolute Gasteiger partial charge is 0.399 e. The first-order chi connectivity index (χ1) is 10.8. The molecule has 0 radical (unpaired) electrons. The highest BCUT2D eigenvalue weighted by atomic mass is 16.7. The van der Waals surface area contributed by atoms with Crippen LogP contribution in [0.3, 0.4) is 0 Å². The van der Waals surface area contributed by atoms with Crippen LogP contribution in [0.1, 0.15) is 46.2 Å². The van der Waals surface area contributed by atoms with E-state index in [9.17, 15) is 0 Å². The Bertz CT molecular complexity index is 522. The predicted octanol–water partition coefficient (Wildman–Crippen LogP) is 2.38. The normalized spacial score (nSPS) is 25.5. The standard InChI is InChI=1S/C18H28BNO3/c1-14(20-10-12-21-13-11-20)15-6-8-16(9-7-15)19-22-17(2,3)18(4,5)23-19/h6-9,14H,10-13H2,1-5H3. The lowest BCUT2D eigenvalue weighted by Crippen LogP contribution is -2.41. The molecule has 1 atom stereocenters. The molecule has 0 N–H and O–H groups in total. The Balaban J connectivity index is 1.70. The van der Waals surface area contributed by atoms with E-state index in [0.717, 1.165) is 31.8 Å². The quantitative estimate of drug-likeness (QED) is 0.801. The molecule has 23 heavy (non-hydrogen) atoms. The van der Waals surface area contributed by atoms with Crippen LogP contribution in [0.5, 0.6) is 0 Å². The fourth-order valence-electron chi connectivity index (χ4n) is 3.09. The summed E-state index contributed by atoms with van der Waals surface area (Å²) in [5.74, 6) is 0. The van der Waals surface area contributed by atoms with E-state index in [2.05, 4.69) is 63.8 Å². The second kappa shape index (κ2) is 6.21. The molecule has 2 aliphatic rings. The highest BCUT2D eigenvalue weighted by molar-refractivity contribution is 6.62. The van der Waals surface area contributed by atoms with Crippen LogP contribution >= 0.6 is 0 Å². The Morgan fingerprint density at radius 3 is 2.00 bits per heavy atom. The summed E-state index contributed by atoms with van der Waals surface area (Å²) in [6.45, 7) is 14.3. The molecule has 1 unspecified atom stereocenters. The second-order valence-corrected chi connectivity index (χ2v) is 7.58. The van der Waals surface area contributed by atoms with Gasteiger partial charge in [-0.15, -0.1) is 0 Å². The molecule has 4 nitrogen and oxygen atoms in total. The van der Waals surface area contributed by atoms with Crippen molar-refractivity contribution >= 4 is 12.6 Å². The zero-order valence-electron chi connectivity index (χ0n) is 15.0. The fraction of sp³-hybridized carbons (Fsp3) is 0.667. The van der Waals surface area contributed by atoms with Crippen LogP contribution in [0.2, 0.25) is 0 Å². The number of hydrogen-bond acceptors (Lipinski definition) is 4. The molecule has 5 heteroatoms. The third-order valence-corrected chi connectivity index (χ3v) is 5.54. The van der Waals surface area contributed by atoms with Gasteiger partial charge in [0.25, 0.3) is 0 Å². The lowest BCUT2D eigenvalue weighted by atomic mass is 9.78. The van der Waals surface area contributed by atoms with Gasteiger partial charge in [-0.3, -0.25) is 4.90 Å². The second-order valence-electron chi connectivity index (χ2n) is 7.58. The van der Waals surface area contributed by atoms with E-state index in [0.29, 0.717) is 6.04 Å². The minimum absolute atomic E-state index is 0.284. The molecule has 0 aromatic heterocycles. The molecule has 2 aliphatic heterocycles. The average molecular weight is 317 g/mol. The number of hydrogen-bond donors (Lipinski definition) is 0. The average Bonchev–Trinajstić information content (AvgIpc) is 2.76. The van der Waals surface area contributed by atoms with Gasteiger partial charge in [-0.25, -0.2) is 0 Å². The van der Waals surface area contributed by atoms with Crippen molar-refractivity contribution < 1.29 is 14.0 Å². The zero-order chi connectivity index (χ0) is 16.7. The van der Waals surface area contributed by atoms with Crippen LogP contribution in [-0.4, -0.2) is 49.5 Å². The van der Waals surface area contributed by atoms with Gasteiger partial charge in [0.05, 0.1) is 24.4 Å². The number of morpholine rings is 1. The third kappa shape index (κ3) is 3.34. The SMILES string of the molecule is CC(c1ccc(B2OC(C)(C)C(C)(C)O2)cc1)N1CCOCC1. The van der Waals surface area contributed by atoms with E-state index in [1.165, 1.54) is 5.56 Å². The molecule has 0 aliphatic carbocycles. The fourth-order valence-corrected chi connectivity index (χ4v) is 3.09. The number of ether oxygens (including phenoxy) is 1. The highest BCUT2D eigenvalue weighted by Crippen LogP contribution is 2.36. The monoisotopic (exact) mass is 317 g/mol. The van der Waals surface area contributed by atoms with Gasteiger partial charge in [-0.1, -0.05) is 24.3 Å². The first-order valence-corrected chi connectivity index (χ1v) is 8.57. The molecular weight excluding hydrogens is 289 g/mol. The van der Waals surface area contributed by atoms with Crippen molar-refractivity contribution in [3.63, 3.8) is 0 Å². The maximum Gasteiger partial charge on any atom is 0.494 e. The molecule has 0 saturated carbocycles. The summed E-state index contributed by atoms with van der Waals surface area (Å²) in [5.41, 5.74) is 1.82. The Labute approximate surface area is 140 Å². The summed E-state index contributed by atoms with van der Waals surface area (Å²) >= 11 is 0. The van der Waals surface area contributed by atoms with Crippen molar-refractivity contribution in [3.8, 4) is 0 Å². The molecule has 1 aromatic rings. The van der Waals surface area contributed by atoms with Crippen molar-refractivity contribution in [2.75, 3.05) is 26.3 Å². The molecule has 0 amide bonds.